The molecule has 20 heavy (non-hydrogen) atoms. The Bertz CT molecular complexity index is 524. The molecule has 108 valence electrons. The molecule has 1 saturated heterocycles. The molecule has 0 aromatic heterocycles. The lowest BCUT2D eigenvalue weighted by molar-refractivity contribution is 0.0374. The van der Waals surface area contributed by atoms with Gasteiger partial charge in [-0.05, 0) is 49.2 Å². The van der Waals surface area contributed by atoms with Crippen LogP contribution in [0.3, 0.4) is 0 Å². The second-order valence-corrected chi connectivity index (χ2v) is 6.43. The van der Waals surface area contributed by atoms with Gasteiger partial charge in [0.15, 0.2) is 0 Å². The van der Waals surface area contributed by atoms with Gasteiger partial charge in [-0.1, -0.05) is 13.8 Å². The zero-order valence-corrected chi connectivity index (χ0v) is 12.6. The van der Waals surface area contributed by atoms with E-state index in [0.29, 0.717) is 11.0 Å². The Kier molecular flexibility index (Phi) is 3.67. The van der Waals surface area contributed by atoms with E-state index in [2.05, 4.69) is 13.8 Å². The average molecular weight is 278 g/mol. The van der Waals surface area contributed by atoms with Gasteiger partial charge in [0.2, 0.25) is 0 Å². The van der Waals surface area contributed by atoms with Gasteiger partial charge in [0.25, 0.3) is 0 Å². The number of ether oxygens (including phenoxy) is 1. The van der Waals surface area contributed by atoms with E-state index < -0.39 is 5.97 Å². The van der Waals surface area contributed by atoms with E-state index in [0.717, 1.165) is 6.32 Å². The van der Waals surface area contributed by atoms with Gasteiger partial charge in [-0.2, -0.15) is 0 Å². The van der Waals surface area contributed by atoms with Crippen molar-refractivity contribution < 1.29 is 18.6 Å². The third kappa shape index (κ3) is 2.47. The maximum atomic E-state index is 13.5. The first-order valence-electron chi connectivity index (χ1n) is 6.73. The third-order valence-electron chi connectivity index (χ3n) is 4.53. The molecule has 2 rings (SSSR count). The number of esters is 1. The lowest BCUT2D eigenvalue weighted by Gasteiger charge is -2.34. The first-order chi connectivity index (χ1) is 9.18. The highest BCUT2D eigenvalue weighted by molar-refractivity contribution is 6.69. The molecule has 0 aliphatic carbocycles. The van der Waals surface area contributed by atoms with E-state index in [4.69, 9.17) is 9.39 Å². The highest BCUT2D eigenvalue weighted by atomic mass is 19.1. The standard InChI is InChI=1S/C15H20BFO3/c1-14(2)9-16(20-15(14,3)4)12-8-10(17)6-7-11(12)13(18)19-5/h6-8H,9H2,1-5H3. The Balaban J connectivity index is 2.44. The van der Waals surface area contributed by atoms with Crippen LogP contribution in [0.1, 0.15) is 38.1 Å². The minimum absolute atomic E-state index is 0.0582. The van der Waals surface area contributed by atoms with Crippen molar-refractivity contribution in [3.63, 3.8) is 0 Å². The molecular formula is C15H20BFO3. The average Bonchev–Trinajstić information content (AvgIpc) is 2.57. The normalized spacial score (nSPS) is 20.0. The zero-order chi connectivity index (χ0) is 15.1. The van der Waals surface area contributed by atoms with Gasteiger partial charge in [-0.3, -0.25) is 0 Å². The monoisotopic (exact) mass is 278 g/mol. The summed E-state index contributed by atoms with van der Waals surface area (Å²) in [6, 6.07) is 4.09. The molecule has 0 saturated carbocycles. The molecule has 0 bridgehead atoms. The summed E-state index contributed by atoms with van der Waals surface area (Å²) < 4.78 is 24.4. The number of benzene rings is 1. The molecule has 0 spiro atoms. The van der Waals surface area contributed by atoms with Crippen LogP contribution in [-0.4, -0.2) is 25.6 Å². The van der Waals surface area contributed by atoms with Gasteiger partial charge in [0, 0.05) is 0 Å². The summed E-state index contributed by atoms with van der Waals surface area (Å²) in [5.41, 5.74) is 0.539. The van der Waals surface area contributed by atoms with E-state index in [-0.39, 0.29) is 23.7 Å². The number of halogens is 1. The molecule has 0 atom stereocenters. The number of carbonyl (C=O) groups excluding carboxylic acids is 1. The molecule has 0 N–H and O–H groups in total. The molecule has 1 fully saturated rings. The Labute approximate surface area is 119 Å². The SMILES string of the molecule is COC(=O)c1ccc(F)cc1B1CC(C)(C)C(C)(C)O1. The fraction of sp³-hybridized carbons (Fsp3) is 0.533. The number of hydrogen-bond donors (Lipinski definition) is 0. The van der Waals surface area contributed by atoms with Crippen molar-refractivity contribution in [2.75, 3.05) is 7.11 Å². The van der Waals surface area contributed by atoms with Crippen LogP contribution >= 0.6 is 0 Å². The lowest BCUT2D eigenvalue weighted by atomic mass is 9.53. The maximum absolute atomic E-state index is 13.5. The maximum Gasteiger partial charge on any atom is 0.337 e. The van der Waals surface area contributed by atoms with E-state index in [1.807, 2.05) is 13.8 Å². The second kappa shape index (κ2) is 4.88. The minimum atomic E-state index is -0.467. The smallest absolute Gasteiger partial charge is 0.337 e. The summed E-state index contributed by atoms with van der Waals surface area (Å²) in [5.74, 6) is -0.843. The fourth-order valence-corrected chi connectivity index (χ4v) is 2.54. The molecule has 1 heterocycles. The Morgan fingerprint density at radius 3 is 2.50 bits per heavy atom. The molecule has 1 aromatic rings. The number of rotatable bonds is 2. The van der Waals surface area contributed by atoms with Crippen molar-refractivity contribution in [3.8, 4) is 0 Å². The largest absolute Gasteiger partial charge is 0.465 e. The van der Waals surface area contributed by atoms with Crippen LogP contribution in [0.15, 0.2) is 18.2 Å². The van der Waals surface area contributed by atoms with Crippen LogP contribution < -0.4 is 5.46 Å². The molecule has 1 aliphatic rings. The first kappa shape index (κ1) is 15.0. The predicted molar refractivity (Wildman–Crippen MR) is 76.9 cm³/mol. The number of carbonyl (C=O) groups is 1. The number of hydrogen-bond acceptors (Lipinski definition) is 3. The molecule has 5 heteroatoms. The molecule has 0 radical (unpaired) electrons. The highest BCUT2D eigenvalue weighted by Gasteiger charge is 2.50. The van der Waals surface area contributed by atoms with Crippen molar-refractivity contribution in [2.24, 2.45) is 5.41 Å². The van der Waals surface area contributed by atoms with Crippen molar-refractivity contribution in [1.82, 2.24) is 0 Å². The van der Waals surface area contributed by atoms with Crippen molar-refractivity contribution in [1.29, 1.82) is 0 Å². The van der Waals surface area contributed by atoms with Crippen molar-refractivity contribution in [3.05, 3.63) is 29.6 Å². The summed E-state index contributed by atoms with van der Waals surface area (Å²) in [6.07, 6.45) is 0.730. The zero-order valence-electron chi connectivity index (χ0n) is 12.6. The van der Waals surface area contributed by atoms with E-state index >= 15 is 0 Å². The molecule has 3 nitrogen and oxygen atoms in total. The highest BCUT2D eigenvalue weighted by Crippen LogP contribution is 2.45. The Hall–Kier alpha value is -1.36. The van der Waals surface area contributed by atoms with Gasteiger partial charge in [0.1, 0.15) is 5.82 Å². The van der Waals surface area contributed by atoms with Crippen LogP contribution in [0, 0.1) is 11.2 Å². The molecule has 0 unspecified atom stereocenters. The van der Waals surface area contributed by atoms with Gasteiger partial charge in [0.05, 0.1) is 18.3 Å². The lowest BCUT2D eigenvalue weighted by Crippen LogP contribution is -2.38. The molecule has 0 amide bonds. The predicted octanol–water partition coefficient (Wildman–Crippen LogP) is 2.65. The van der Waals surface area contributed by atoms with Gasteiger partial charge in [-0.15, -0.1) is 0 Å². The summed E-state index contributed by atoms with van der Waals surface area (Å²) in [4.78, 5) is 11.8. The van der Waals surface area contributed by atoms with Crippen LogP contribution in [0.5, 0.6) is 0 Å². The summed E-state index contributed by atoms with van der Waals surface area (Å²) >= 11 is 0. The molecular weight excluding hydrogens is 258 g/mol. The van der Waals surface area contributed by atoms with Crippen LogP contribution in [0.2, 0.25) is 6.32 Å². The van der Waals surface area contributed by atoms with E-state index in [1.165, 1.54) is 25.3 Å². The molecule has 1 aliphatic heterocycles. The number of methoxy groups -OCH3 is 1. The van der Waals surface area contributed by atoms with Crippen molar-refractivity contribution in [2.45, 2.75) is 39.6 Å². The van der Waals surface area contributed by atoms with E-state index in [1.54, 1.807) is 0 Å². The van der Waals surface area contributed by atoms with Gasteiger partial charge in [-0.25, -0.2) is 9.18 Å². The summed E-state index contributed by atoms with van der Waals surface area (Å²) in [5, 5.41) is 0. The second-order valence-electron chi connectivity index (χ2n) is 6.43. The van der Waals surface area contributed by atoms with Gasteiger partial charge < -0.3 is 9.39 Å². The van der Waals surface area contributed by atoms with E-state index in [9.17, 15) is 9.18 Å². The Morgan fingerprint density at radius 1 is 1.35 bits per heavy atom. The minimum Gasteiger partial charge on any atom is -0.465 e. The summed E-state index contributed by atoms with van der Waals surface area (Å²) in [7, 11) is 1.32. The topological polar surface area (TPSA) is 35.5 Å². The summed E-state index contributed by atoms with van der Waals surface area (Å²) in [6.45, 7) is 7.97. The first-order valence-corrected chi connectivity index (χ1v) is 6.73. The third-order valence-corrected chi connectivity index (χ3v) is 4.53. The van der Waals surface area contributed by atoms with Crippen LogP contribution in [0.4, 0.5) is 4.39 Å². The van der Waals surface area contributed by atoms with Crippen LogP contribution in [0.25, 0.3) is 0 Å². The van der Waals surface area contributed by atoms with Crippen molar-refractivity contribution >= 4 is 18.3 Å². The van der Waals surface area contributed by atoms with Crippen LogP contribution in [-0.2, 0) is 9.39 Å². The molecule has 1 aromatic carbocycles. The fourth-order valence-electron chi connectivity index (χ4n) is 2.54. The quantitative estimate of drug-likeness (QED) is 0.616. The van der Waals surface area contributed by atoms with Gasteiger partial charge >= 0.3 is 12.9 Å². The Morgan fingerprint density at radius 2 is 2.00 bits per heavy atom.